The molecule has 0 radical (unpaired) electrons. The van der Waals surface area contributed by atoms with Crippen molar-refractivity contribution in [2.45, 2.75) is 0 Å². The van der Waals surface area contributed by atoms with Gasteiger partial charge in [0.15, 0.2) is 0 Å². The lowest BCUT2D eigenvalue weighted by Gasteiger charge is -2.29. The van der Waals surface area contributed by atoms with Gasteiger partial charge in [-0.2, -0.15) is 0 Å². The molecule has 0 aliphatic rings. The number of benzene rings is 10. The Bertz CT molecular complexity index is 3270. The lowest BCUT2D eigenvalue weighted by molar-refractivity contribution is 0.669. The van der Waals surface area contributed by atoms with E-state index in [1.54, 1.807) is 0 Å². The third kappa shape index (κ3) is 5.91. The van der Waals surface area contributed by atoms with Crippen LogP contribution in [0.15, 0.2) is 229 Å². The molecule has 58 heavy (non-hydrogen) atoms. The van der Waals surface area contributed by atoms with Gasteiger partial charge >= 0.3 is 0 Å². The van der Waals surface area contributed by atoms with Gasteiger partial charge in [-0.15, -0.1) is 0 Å². The summed E-state index contributed by atoms with van der Waals surface area (Å²) in [6.45, 7) is 0. The van der Waals surface area contributed by atoms with Crippen LogP contribution in [-0.4, -0.2) is 0 Å². The first-order valence-electron chi connectivity index (χ1n) is 19.8. The van der Waals surface area contributed by atoms with E-state index in [1.807, 2.05) is 0 Å². The van der Waals surface area contributed by atoms with Crippen molar-refractivity contribution < 1.29 is 4.42 Å². The van der Waals surface area contributed by atoms with Crippen molar-refractivity contribution >= 4 is 60.5 Å². The van der Waals surface area contributed by atoms with Crippen molar-refractivity contribution in [3.05, 3.63) is 224 Å². The highest BCUT2D eigenvalue weighted by atomic mass is 16.3. The molecule has 10 aromatic carbocycles. The largest absolute Gasteiger partial charge is 0.456 e. The lowest BCUT2D eigenvalue weighted by Crippen LogP contribution is -2.11. The summed E-state index contributed by atoms with van der Waals surface area (Å²) < 4.78 is 6.56. The number of rotatable bonds is 7. The molecule has 272 valence electrons. The minimum Gasteiger partial charge on any atom is -0.456 e. The van der Waals surface area contributed by atoms with E-state index in [0.717, 1.165) is 61.3 Å². The smallest absolute Gasteiger partial charge is 0.136 e. The quantitative estimate of drug-likeness (QED) is 0.162. The second-order valence-corrected chi connectivity index (χ2v) is 14.9. The summed E-state index contributed by atoms with van der Waals surface area (Å²) in [6, 6.07) is 80.8. The molecule has 11 aromatic rings. The zero-order valence-corrected chi connectivity index (χ0v) is 31.7. The fourth-order valence-corrected chi connectivity index (χ4v) is 8.63. The van der Waals surface area contributed by atoms with E-state index < -0.39 is 0 Å². The van der Waals surface area contributed by atoms with Crippen LogP contribution in [0.1, 0.15) is 0 Å². The SMILES string of the molecule is c1ccc(-c2ccc(N(c3ccc(-c4ccc5c(c4)oc4cc6ccccc6cc45)c(-c4ccccc4)c3)c3ccccc3-c3cccc4ccccc34)cc2)cc1. The molecule has 2 heteroatoms. The fraction of sp³-hybridized carbons (Fsp3) is 0. The Morgan fingerprint density at radius 2 is 0.862 bits per heavy atom. The van der Waals surface area contributed by atoms with Gasteiger partial charge in [0.2, 0.25) is 0 Å². The Morgan fingerprint density at radius 1 is 0.276 bits per heavy atom. The van der Waals surface area contributed by atoms with Gasteiger partial charge in [0.1, 0.15) is 11.2 Å². The molecule has 0 atom stereocenters. The van der Waals surface area contributed by atoms with E-state index in [4.69, 9.17) is 4.42 Å². The van der Waals surface area contributed by atoms with Gasteiger partial charge in [0.25, 0.3) is 0 Å². The number of para-hydroxylation sites is 1. The van der Waals surface area contributed by atoms with Crippen LogP contribution in [0.5, 0.6) is 0 Å². The zero-order valence-electron chi connectivity index (χ0n) is 31.7. The molecule has 0 amide bonds. The van der Waals surface area contributed by atoms with E-state index in [0.29, 0.717) is 0 Å². The Labute approximate surface area is 337 Å². The highest BCUT2D eigenvalue weighted by Crippen LogP contribution is 2.46. The van der Waals surface area contributed by atoms with Crippen LogP contribution in [0.25, 0.3) is 88.0 Å². The van der Waals surface area contributed by atoms with Crippen molar-refractivity contribution in [3.63, 3.8) is 0 Å². The standard InChI is InChI=1S/C56H37NO/c1-3-14-38(15-4-1)39-26-29-45(30-27-39)57(54-25-12-11-23-50(54)49-24-13-21-40-18-9-10-22-47(40)49)46-31-33-48(52(37-46)41-16-5-2-6-17-41)44-28-32-51-53-34-42-19-7-8-20-43(42)35-56(53)58-55(51)36-44/h1-37H. The van der Waals surface area contributed by atoms with Gasteiger partial charge in [-0.25, -0.2) is 0 Å². The molecule has 0 fully saturated rings. The summed E-state index contributed by atoms with van der Waals surface area (Å²) in [4.78, 5) is 2.41. The van der Waals surface area contributed by atoms with Crippen LogP contribution in [-0.2, 0) is 0 Å². The maximum atomic E-state index is 6.56. The van der Waals surface area contributed by atoms with Crippen LogP contribution in [0.3, 0.4) is 0 Å². The van der Waals surface area contributed by atoms with E-state index in [2.05, 4.69) is 229 Å². The van der Waals surface area contributed by atoms with Crippen molar-refractivity contribution in [2.75, 3.05) is 4.90 Å². The van der Waals surface area contributed by atoms with E-state index in [9.17, 15) is 0 Å². The van der Waals surface area contributed by atoms with E-state index >= 15 is 0 Å². The molecule has 1 heterocycles. The van der Waals surface area contributed by atoms with Crippen molar-refractivity contribution in [3.8, 4) is 44.5 Å². The van der Waals surface area contributed by atoms with Crippen LogP contribution in [0.2, 0.25) is 0 Å². The monoisotopic (exact) mass is 739 g/mol. The minimum atomic E-state index is 0.884. The number of fused-ring (bicyclic) bond motifs is 5. The molecular weight excluding hydrogens is 703 g/mol. The summed E-state index contributed by atoms with van der Waals surface area (Å²) in [7, 11) is 0. The summed E-state index contributed by atoms with van der Waals surface area (Å²) in [6.07, 6.45) is 0. The highest BCUT2D eigenvalue weighted by molar-refractivity contribution is 6.11. The maximum Gasteiger partial charge on any atom is 0.136 e. The number of nitrogens with zero attached hydrogens (tertiary/aromatic N) is 1. The van der Waals surface area contributed by atoms with Crippen molar-refractivity contribution in [1.82, 2.24) is 0 Å². The third-order valence-corrected chi connectivity index (χ3v) is 11.5. The molecule has 11 rings (SSSR count). The number of hydrogen-bond donors (Lipinski definition) is 0. The molecule has 1 aromatic heterocycles. The van der Waals surface area contributed by atoms with Gasteiger partial charge in [0, 0.05) is 27.7 Å². The molecular formula is C56H37NO. The maximum absolute atomic E-state index is 6.56. The van der Waals surface area contributed by atoms with Crippen LogP contribution in [0.4, 0.5) is 17.1 Å². The number of hydrogen-bond acceptors (Lipinski definition) is 2. The van der Waals surface area contributed by atoms with Gasteiger partial charge in [-0.3, -0.25) is 0 Å². The van der Waals surface area contributed by atoms with Crippen LogP contribution in [0, 0.1) is 0 Å². The summed E-state index contributed by atoms with van der Waals surface area (Å²) >= 11 is 0. The molecule has 0 saturated heterocycles. The summed E-state index contributed by atoms with van der Waals surface area (Å²) in [5.41, 5.74) is 14.3. The van der Waals surface area contributed by atoms with Crippen molar-refractivity contribution in [1.29, 1.82) is 0 Å². The normalized spacial score (nSPS) is 11.4. The average molecular weight is 740 g/mol. The Kier molecular flexibility index (Phi) is 8.19. The van der Waals surface area contributed by atoms with E-state index in [-0.39, 0.29) is 0 Å². The molecule has 0 unspecified atom stereocenters. The zero-order chi connectivity index (χ0) is 38.4. The van der Waals surface area contributed by atoms with Crippen molar-refractivity contribution in [2.24, 2.45) is 0 Å². The second-order valence-electron chi connectivity index (χ2n) is 14.9. The lowest BCUT2D eigenvalue weighted by atomic mass is 9.92. The summed E-state index contributed by atoms with van der Waals surface area (Å²) in [5, 5.41) is 7.10. The second kappa shape index (κ2) is 14.1. The molecule has 0 bridgehead atoms. The Morgan fingerprint density at radius 3 is 1.67 bits per heavy atom. The Hall–Kier alpha value is -7.68. The van der Waals surface area contributed by atoms with Crippen LogP contribution < -0.4 is 4.90 Å². The molecule has 0 aliphatic carbocycles. The molecule has 0 saturated carbocycles. The summed E-state index contributed by atoms with van der Waals surface area (Å²) in [5.74, 6) is 0. The molecule has 0 N–H and O–H groups in total. The first kappa shape index (κ1) is 33.6. The molecule has 0 spiro atoms. The first-order chi connectivity index (χ1) is 28.7. The average Bonchev–Trinajstić information content (AvgIpc) is 3.65. The topological polar surface area (TPSA) is 16.4 Å². The third-order valence-electron chi connectivity index (χ3n) is 11.5. The van der Waals surface area contributed by atoms with Gasteiger partial charge in [-0.1, -0.05) is 170 Å². The molecule has 2 nitrogen and oxygen atoms in total. The highest BCUT2D eigenvalue weighted by Gasteiger charge is 2.21. The minimum absolute atomic E-state index is 0.884. The first-order valence-corrected chi connectivity index (χ1v) is 19.8. The van der Waals surface area contributed by atoms with Gasteiger partial charge in [-0.05, 0) is 115 Å². The molecule has 0 aliphatic heterocycles. The van der Waals surface area contributed by atoms with Crippen LogP contribution >= 0.6 is 0 Å². The number of furan rings is 1. The number of anilines is 3. The Balaban J connectivity index is 1.11. The fourth-order valence-electron chi connectivity index (χ4n) is 8.63. The van der Waals surface area contributed by atoms with Gasteiger partial charge < -0.3 is 9.32 Å². The van der Waals surface area contributed by atoms with Gasteiger partial charge in [0.05, 0.1) is 5.69 Å². The predicted molar refractivity (Wildman–Crippen MR) is 245 cm³/mol. The van der Waals surface area contributed by atoms with E-state index in [1.165, 1.54) is 43.8 Å². The predicted octanol–water partition coefficient (Wildman–Crippen LogP) is 16.0.